The zero-order valence-electron chi connectivity index (χ0n) is 11.0. The maximum atomic E-state index is 11.3. The van der Waals surface area contributed by atoms with E-state index in [1.54, 1.807) is 6.92 Å². The standard InChI is InChI=1S/C12H26N2O2/c1-5-7-10(3)8-16-9-12(4,11(13)15)14-6-2/h10,14H,5-9H2,1-4H3,(H2,13,15). The number of ether oxygens (including phenoxy) is 1. The summed E-state index contributed by atoms with van der Waals surface area (Å²) in [7, 11) is 0. The second-order valence-corrected chi connectivity index (χ2v) is 4.64. The summed E-state index contributed by atoms with van der Waals surface area (Å²) in [5.41, 5.74) is 4.60. The molecule has 16 heavy (non-hydrogen) atoms. The fourth-order valence-corrected chi connectivity index (χ4v) is 1.64. The molecule has 96 valence electrons. The van der Waals surface area contributed by atoms with E-state index in [1.807, 2.05) is 6.92 Å². The van der Waals surface area contributed by atoms with Gasteiger partial charge in [0.25, 0.3) is 0 Å². The Morgan fingerprint density at radius 1 is 1.50 bits per heavy atom. The molecule has 0 spiro atoms. The fraction of sp³-hybridized carbons (Fsp3) is 0.917. The van der Waals surface area contributed by atoms with Gasteiger partial charge in [-0.25, -0.2) is 0 Å². The van der Waals surface area contributed by atoms with Crippen LogP contribution in [0.25, 0.3) is 0 Å². The van der Waals surface area contributed by atoms with Gasteiger partial charge in [-0.3, -0.25) is 4.79 Å². The Kier molecular flexibility index (Phi) is 7.34. The predicted octanol–water partition coefficient (Wildman–Crippen LogP) is 1.29. The first kappa shape index (κ1) is 15.4. The smallest absolute Gasteiger partial charge is 0.239 e. The number of amides is 1. The highest BCUT2D eigenvalue weighted by molar-refractivity contribution is 5.84. The van der Waals surface area contributed by atoms with Crippen LogP contribution in [-0.2, 0) is 9.53 Å². The van der Waals surface area contributed by atoms with E-state index in [2.05, 4.69) is 19.2 Å². The topological polar surface area (TPSA) is 64.3 Å². The molecule has 0 saturated carbocycles. The van der Waals surface area contributed by atoms with Gasteiger partial charge in [-0.1, -0.05) is 27.2 Å². The largest absolute Gasteiger partial charge is 0.379 e. The van der Waals surface area contributed by atoms with Crippen molar-refractivity contribution < 1.29 is 9.53 Å². The van der Waals surface area contributed by atoms with E-state index in [9.17, 15) is 4.79 Å². The number of rotatable bonds is 9. The molecular formula is C12H26N2O2. The van der Waals surface area contributed by atoms with Gasteiger partial charge in [-0.15, -0.1) is 0 Å². The zero-order chi connectivity index (χ0) is 12.6. The van der Waals surface area contributed by atoms with Crippen molar-refractivity contribution in [2.45, 2.75) is 46.1 Å². The van der Waals surface area contributed by atoms with Crippen LogP contribution < -0.4 is 11.1 Å². The summed E-state index contributed by atoms with van der Waals surface area (Å²) in [6, 6.07) is 0. The second kappa shape index (κ2) is 7.63. The molecule has 0 aliphatic heterocycles. The van der Waals surface area contributed by atoms with Crippen LogP contribution in [0.4, 0.5) is 0 Å². The Balaban J connectivity index is 3.99. The fourth-order valence-electron chi connectivity index (χ4n) is 1.64. The summed E-state index contributed by atoms with van der Waals surface area (Å²) < 4.78 is 5.56. The number of primary amides is 1. The van der Waals surface area contributed by atoms with Crippen molar-refractivity contribution in [2.24, 2.45) is 11.7 Å². The van der Waals surface area contributed by atoms with Gasteiger partial charge in [0.2, 0.25) is 5.91 Å². The summed E-state index contributed by atoms with van der Waals surface area (Å²) in [5, 5.41) is 3.06. The van der Waals surface area contributed by atoms with Crippen molar-refractivity contribution >= 4 is 5.91 Å². The van der Waals surface area contributed by atoms with Gasteiger partial charge < -0.3 is 15.8 Å². The van der Waals surface area contributed by atoms with Crippen LogP contribution in [-0.4, -0.2) is 31.2 Å². The number of hydrogen-bond donors (Lipinski definition) is 2. The monoisotopic (exact) mass is 230 g/mol. The van der Waals surface area contributed by atoms with Crippen LogP contribution in [0.1, 0.15) is 40.5 Å². The van der Waals surface area contributed by atoms with Gasteiger partial charge in [0, 0.05) is 6.61 Å². The molecule has 2 unspecified atom stereocenters. The van der Waals surface area contributed by atoms with Crippen molar-refractivity contribution in [3.8, 4) is 0 Å². The van der Waals surface area contributed by atoms with Crippen LogP contribution in [0, 0.1) is 5.92 Å². The Labute approximate surface area is 98.9 Å². The lowest BCUT2D eigenvalue weighted by Crippen LogP contribution is -2.56. The number of nitrogens with one attached hydrogen (secondary N) is 1. The quantitative estimate of drug-likeness (QED) is 0.627. The van der Waals surface area contributed by atoms with Crippen LogP contribution in [0.5, 0.6) is 0 Å². The summed E-state index contributed by atoms with van der Waals surface area (Å²) in [6.45, 7) is 9.75. The summed E-state index contributed by atoms with van der Waals surface area (Å²) in [5.74, 6) is 0.168. The minimum Gasteiger partial charge on any atom is -0.379 e. The average molecular weight is 230 g/mol. The third-order valence-electron chi connectivity index (χ3n) is 2.69. The third-order valence-corrected chi connectivity index (χ3v) is 2.69. The molecule has 0 saturated heterocycles. The summed E-state index contributed by atoms with van der Waals surface area (Å²) >= 11 is 0. The van der Waals surface area contributed by atoms with Gasteiger partial charge >= 0.3 is 0 Å². The zero-order valence-corrected chi connectivity index (χ0v) is 11.0. The first-order valence-electron chi connectivity index (χ1n) is 6.09. The predicted molar refractivity (Wildman–Crippen MR) is 66.2 cm³/mol. The molecule has 4 nitrogen and oxygen atoms in total. The molecule has 4 heteroatoms. The van der Waals surface area contributed by atoms with Gasteiger partial charge in [0.05, 0.1) is 6.61 Å². The summed E-state index contributed by atoms with van der Waals surface area (Å²) in [4.78, 5) is 11.3. The molecule has 0 radical (unpaired) electrons. The molecule has 0 aromatic heterocycles. The van der Waals surface area contributed by atoms with Gasteiger partial charge in [0.1, 0.15) is 5.54 Å². The minimum atomic E-state index is -0.749. The lowest BCUT2D eigenvalue weighted by Gasteiger charge is -2.27. The highest BCUT2D eigenvalue weighted by atomic mass is 16.5. The molecule has 0 fully saturated rings. The Morgan fingerprint density at radius 2 is 2.12 bits per heavy atom. The van der Waals surface area contributed by atoms with Crippen molar-refractivity contribution in [3.63, 3.8) is 0 Å². The second-order valence-electron chi connectivity index (χ2n) is 4.64. The van der Waals surface area contributed by atoms with Crippen LogP contribution in [0.3, 0.4) is 0 Å². The first-order valence-corrected chi connectivity index (χ1v) is 6.09. The van der Waals surface area contributed by atoms with Crippen LogP contribution in [0.15, 0.2) is 0 Å². The van der Waals surface area contributed by atoms with E-state index in [0.717, 1.165) is 12.8 Å². The number of nitrogens with two attached hydrogens (primary N) is 1. The molecule has 0 aliphatic carbocycles. The number of carbonyl (C=O) groups is 1. The van der Waals surface area contributed by atoms with Crippen molar-refractivity contribution in [1.82, 2.24) is 5.32 Å². The van der Waals surface area contributed by atoms with Crippen LogP contribution in [0.2, 0.25) is 0 Å². The Hall–Kier alpha value is -0.610. The Bertz CT molecular complexity index is 209. The molecule has 1 amide bonds. The molecule has 0 aromatic carbocycles. The van der Waals surface area contributed by atoms with Crippen molar-refractivity contribution in [3.05, 3.63) is 0 Å². The lowest BCUT2D eigenvalue weighted by atomic mass is 10.0. The van der Waals surface area contributed by atoms with Crippen molar-refractivity contribution in [2.75, 3.05) is 19.8 Å². The highest BCUT2D eigenvalue weighted by Crippen LogP contribution is 2.08. The normalized spacial score (nSPS) is 16.8. The molecule has 2 atom stereocenters. The minimum absolute atomic E-state index is 0.338. The maximum Gasteiger partial charge on any atom is 0.239 e. The molecule has 0 aromatic rings. The lowest BCUT2D eigenvalue weighted by molar-refractivity contribution is -0.126. The molecule has 3 N–H and O–H groups in total. The molecule has 0 heterocycles. The SMILES string of the molecule is CCCC(C)COCC(C)(NCC)C(N)=O. The molecule has 0 aliphatic rings. The van der Waals surface area contributed by atoms with E-state index in [4.69, 9.17) is 10.5 Å². The number of hydrogen-bond acceptors (Lipinski definition) is 3. The maximum absolute atomic E-state index is 11.3. The summed E-state index contributed by atoms with van der Waals surface area (Å²) in [6.07, 6.45) is 2.30. The Morgan fingerprint density at radius 3 is 2.56 bits per heavy atom. The van der Waals surface area contributed by atoms with Crippen molar-refractivity contribution in [1.29, 1.82) is 0 Å². The average Bonchev–Trinajstić information content (AvgIpc) is 2.18. The van der Waals surface area contributed by atoms with E-state index in [-0.39, 0.29) is 5.91 Å². The van der Waals surface area contributed by atoms with E-state index >= 15 is 0 Å². The molecule has 0 bridgehead atoms. The first-order chi connectivity index (χ1) is 7.46. The number of carbonyl (C=O) groups excluding carboxylic acids is 1. The molecule has 0 rings (SSSR count). The third kappa shape index (κ3) is 5.47. The number of likely N-dealkylation sites (N-methyl/N-ethyl adjacent to an activating group) is 1. The highest BCUT2D eigenvalue weighted by Gasteiger charge is 2.30. The molecular weight excluding hydrogens is 204 g/mol. The van der Waals surface area contributed by atoms with E-state index < -0.39 is 5.54 Å². The van der Waals surface area contributed by atoms with Gasteiger partial charge in [-0.05, 0) is 25.8 Å². The van der Waals surface area contributed by atoms with Gasteiger partial charge in [0.15, 0.2) is 0 Å². The van der Waals surface area contributed by atoms with Gasteiger partial charge in [-0.2, -0.15) is 0 Å². The van der Waals surface area contributed by atoms with E-state index in [0.29, 0.717) is 25.7 Å². The van der Waals surface area contributed by atoms with Crippen LogP contribution >= 0.6 is 0 Å². The van der Waals surface area contributed by atoms with E-state index in [1.165, 1.54) is 0 Å².